The molecule has 1 saturated carbocycles. The van der Waals surface area contributed by atoms with Gasteiger partial charge >= 0.3 is 0 Å². The molecular formula is C13H18N2O4S. The maximum Gasteiger partial charge on any atom is 0.291 e. The summed E-state index contributed by atoms with van der Waals surface area (Å²) < 4.78 is 23.4. The SMILES string of the molecule is CNC(Cc1cccc(S(C)(=O)=O)c1[N+](=O)[O-])C1CC1. The number of benzene rings is 1. The first-order valence-corrected chi connectivity index (χ1v) is 8.37. The zero-order valence-electron chi connectivity index (χ0n) is 11.5. The largest absolute Gasteiger partial charge is 0.316 e. The van der Waals surface area contributed by atoms with Crippen LogP contribution >= 0.6 is 0 Å². The minimum Gasteiger partial charge on any atom is -0.316 e. The zero-order chi connectivity index (χ0) is 14.9. The monoisotopic (exact) mass is 298 g/mol. The van der Waals surface area contributed by atoms with Crippen LogP contribution in [0.3, 0.4) is 0 Å². The standard InChI is InChI=1S/C13H18N2O4S/c1-14-11(9-6-7-9)8-10-4-3-5-12(20(2,18)19)13(10)15(16)17/h3-5,9,11,14H,6-8H2,1-2H3. The molecular weight excluding hydrogens is 280 g/mol. The quantitative estimate of drug-likeness (QED) is 0.635. The number of nitrogens with one attached hydrogen (secondary N) is 1. The molecule has 7 heteroatoms. The molecule has 6 nitrogen and oxygen atoms in total. The number of nitrogens with zero attached hydrogens (tertiary/aromatic N) is 1. The molecule has 1 N–H and O–H groups in total. The maximum atomic E-state index is 11.7. The zero-order valence-corrected chi connectivity index (χ0v) is 12.3. The molecule has 0 aliphatic heterocycles. The topological polar surface area (TPSA) is 89.3 Å². The number of sulfone groups is 1. The Morgan fingerprint density at radius 1 is 1.45 bits per heavy atom. The fourth-order valence-corrected chi connectivity index (χ4v) is 3.36. The summed E-state index contributed by atoms with van der Waals surface area (Å²) in [5, 5.41) is 14.4. The summed E-state index contributed by atoms with van der Waals surface area (Å²) in [6.07, 6.45) is 3.70. The van der Waals surface area contributed by atoms with Gasteiger partial charge in [0.05, 0.1) is 4.92 Å². The van der Waals surface area contributed by atoms with E-state index in [1.165, 1.54) is 6.07 Å². The number of para-hydroxylation sites is 1. The summed E-state index contributed by atoms with van der Waals surface area (Å²) in [5.74, 6) is 0.529. The molecule has 0 heterocycles. The molecule has 1 unspecified atom stereocenters. The van der Waals surface area contributed by atoms with Crippen LogP contribution in [0.25, 0.3) is 0 Å². The van der Waals surface area contributed by atoms with E-state index in [-0.39, 0.29) is 16.6 Å². The van der Waals surface area contributed by atoms with E-state index >= 15 is 0 Å². The number of rotatable bonds is 6. The van der Waals surface area contributed by atoms with Crippen LogP contribution < -0.4 is 5.32 Å². The molecule has 0 radical (unpaired) electrons. The van der Waals surface area contributed by atoms with E-state index in [0.717, 1.165) is 19.1 Å². The molecule has 0 amide bonds. The number of hydrogen-bond acceptors (Lipinski definition) is 5. The molecule has 1 aromatic carbocycles. The van der Waals surface area contributed by atoms with E-state index in [4.69, 9.17) is 0 Å². The molecule has 0 saturated heterocycles. The lowest BCUT2D eigenvalue weighted by molar-refractivity contribution is -0.388. The molecule has 2 rings (SSSR count). The van der Waals surface area contributed by atoms with Crippen molar-refractivity contribution in [1.82, 2.24) is 5.32 Å². The van der Waals surface area contributed by atoms with Crippen molar-refractivity contribution in [3.05, 3.63) is 33.9 Å². The second-order valence-electron chi connectivity index (χ2n) is 5.23. The lowest BCUT2D eigenvalue weighted by Crippen LogP contribution is -2.30. The molecule has 1 aliphatic rings. The summed E-state index contributed by atoms with van der Waals surface area (Å²) in [6.45, 7) is 0. The van der Waals surface area contributed by atoms with Gasteiger partial charge in [-0.15, -0.1) is 0 Å². The summed E-state index contributed by atoms with van der Waals surface area (Å²) >= 11 is 0. The average Bonchev–Trinajstić information content (AvgIpc) is 3.18. The fraction of sp³-hybridized carbons (Fsp3) is 0.538. The van der Waals surface area contributed by atoms with E-state index in [1.54, 1.807) is 12.1 Å². The van der Waals surface area contributed by atoms with Gasteiger partial charge < -0.3 is 5.32 Å². The summed E-state index contributed by atoms with van der Waals surface area (Å²) in [6, 6.07) is 4.66. The van der Waals surface area contributed by atoms with Gasteiger partial charge in [-0.2, -0.15) is 0 Å². The van der Waals surface area contributed by atoms with E-state index in [9.17, 15) is 18.5 Å². The summed E-state index contributed by atoms with van der Waals surface area (Å²) in [4.78, 5) is 10.5. The normalized spacial score (nSPS) is 16.9. The first kappa shape index (κ1) is 14.9. The van der Waals surface area contributed by atoms with Crippen LogP contribution in [-0.2, 0) is 16.3 Å². The van der Waals surface area contributed by atoms with E-state index < -0.39 is 14.8 Å². The Morgan fingerprint density at radius 3 is 2.55 bits per heavy atom. The molecule has 1 atom stereocenters. The van der Waals surface area contributed by atoms with Gasteiger partial charge in [0.15, 0.2) is 9.84 Å². The van der Waals surface area contributed by atoms with Gasteiger partial charge in [0.25, 0.3) is 5.69 Å². The van der Waals surface area contributed by atoms with Crippen molar-refractivity contribution in [2.24, 2.45) is 5.92 Å². The molecule has 110 valence electrons. The molecule has 1 fully saturated rings. The number of nitro benzene ring substituents is 1. The highest BCUT2D eigenvalue weighted by Gasteiger charge is 2.33. The van der Waals surface area contributed by atoms with Crippen LogP contribution in [0.2, 0.25) is 0 Å². The smallest absolute Gasteiger partial charge is 0.291 e. The average molecular weight is 298 g/mol. The first-order valence-electron chi connectivity index (χ1n) is 6.48. The van der Waals surface area contributed by atoms with Crippen molar-refractivity contribution in [3.8, 4) is 0 Å². The molecule has 20 heavy (non-hydrogen) atoms. The Bertz CT molecular complexity index is 623. The van der Waals surface area contributed by atoms with Gasteiger partial charge in [-0.1, -0.05) is 12.1 Å². The fourth-order valence-electron chi connectivity index (χ4n) is 2.48. The van der Waals surface area contributed by atoms with Gasteiger partial charge in [-0.05, 0) is 38.3 Å². The Labute approximate surface area is 118 Å². The molecule has 0 spiro atoms. The lowest BCUT2D eigenvalue weighted by Gasteiger charge is -2.16. The number of likely N-dealkylation sites (N-methyl/N-ethyl adjacent to an activating group) is 1. The molecule has 0 aromatic heterocycles. The van der Waals surface area contributed by atoms with Crippen LogP contribution in [0.5, 0.6) is 0 Å². The van der Waals surface area contributed by atoms with E-state index in [1.807, 2.05) is 7.05 Å². The van der Waals surface area contributed by atoms with Crippen molar-refractivity contribution in [2.75, 3.05) is 13.3 Å². The third kappa shape index (κ3) is 3.16. The van der Waals surface area contributed by atoms with Crippen molar-refractivity contribution in [3.63, 3.8) is 0 Å². The third-order valence-electron chi connectivity index (χ3n) is 3.67. The van der Waals surface area contributed by atoms with Crippen LogP contribution in [0.15, 0.2) is 23.1 Å². The Balaban J connectivity index is 2.44. The highest BCUT2D eigenvalue weighted by molar-refractivity contribution is 7.90. The van der Waals surface area contributed by atoms with Crippen LogP contribution in [0.1, 0.15) is 18.4 Å². The Morgan fingerprint density at radius 2 is 2.10 bits per heavy atom. The second-order valence-corrected chi connectivity index (χ2v) is 7.21. The van der Waals surface area contributed by atoms with Crippen molar-refractivity contribution >= 4 is 15.5 Å². The highest BCUT2D eigenvalue weighted by atomic mass is 32.2. The lowest BCUT2D eigenvalue weighted by atomic mass is 10.0. The van der Waals surface area contributed by atoms with Gasteiger partial charge in [0.1, 0.15) is 4.90 Å². The van der Waals surface area contributed by atoms with E-state index in [0.29, 0.717) is 17.9 Å². The molecule has 0 bridgehead atoms. The molecule has 1 aliphatic carbocycles. The van der Waals surface area contributed by atoms with Crippen molar-refractivity contribution in [1.29, 1.82) is 0 Å². The van der Waals surface area contributed by atoms with Crippen LogP contribution in [0, 0.1) is 16.0 Å². The van der Waals surface area contributed by atoms with Crippen LogP contribution in [0.4, 0.5) is 5.69 Å². The van der Waals surface area contributed by atoms with Crippen LogP contribution in [-0.4, -0.2) is 32.7 Å². The number of hydrogen-bond donors (Lipinski definition) is 1. The number of nitro groups is 1. The van der Waals surface area contributed by atoms with Crippen molar-refractivity contribution < 1.29 is 13.3 Å². The highest BCUT2D eigenvalue weighted by Crippen LogP contribution is 2.36. The Kier molecular flexibility index (Phi) is 4.10. The second kappa shape index (κ2) is 5.49. The van der Waals surface area contributed by atoms with Gasteiger partial charge in [-0.25, -0.2) is 8.42 Å². The van der Waals surface area contributed by atoms with Gasteiger partial charge in [0.2, 0.25) is 0 Å². The summed E-state index contributed by atoms with van der Waals surface area (Å²) in [7, 11) is -1.78. The van der Waals surface area contributed by atoms with Gasteiger partial charge in [0, 0.05) is 17.9 Å². The van der Waals surface area contributed by atoms with Crippen molar-refractivity contribution in [2.45, 2.75) is 30.2 Å². The predicted octanol–water partition coefficient (Wildman–Crippen LogP) is 1.54. The molecule has 1 aromatic rings. The third-order valence-corrected chi connectivity index (χ3v) is 4.79. The summed E-state index contributed by atoms with van der Waals surface area (Å²) in [5.41, 5.74) is 0.195. The van der Waals surface area contributed by atoms with E-state index in [2.05, 4.69) is 5.32 Å². The maximum absolute atomic E-state index is 11.7. The van der Waals surface area contributed by atoms with Gasteiger partial charge in [-0.3, -0.25) is 10.1 Å². The first-order chi connectivity index (χ1) is 9.34. The predicted molar refractivity (Wildman–Crippen MR) is 75.5 cm³/mol. The minimum atomic E-state index is -3.61. The Hall–Kier alpha value is -1.47. The minimum absolute atomic E-state index is 0.156.